The number of hydrogen-bond acceptors (Lipinski definition) is 7. The zero-order valence-corrected chi connectivity index (χ0v) is 11.4. The molecule has 0 spiro atoms. The van der Waals surface area contributed by atoms with E-state index in [1.54, 1.807) is 0 Å². The second-order valence-electron chi connectivity index (χ2n) is 4.95. The van der Waals surface area contributed by atoms with E-state index in [9.17, 15) is 9.90 Å². The Morgan fingerprint density at radius 3 is 2.77 bits per heavy atom. The highest BCUT2D eigenvalue weighted by atomic mass is 16.6. The van der Waals surface area contributed by atoms with Crippen molar-refractivity contribution in [2.45, 2.75) is 19.4 Å². The molecule has 0 radical (unpaired) electrons. The summed E-state index contributed by atoms with van der Waals surface area (Å²) < 4.78 is 6.59. The van der Waals surface area contributed by atoms with E-state index >= 15 is 0 Å². The minimum atomic E-state index is -1.06. The zero-order chi connectivity index (χ0) is 15.1. The minimum absolute atomic E-state index is 0.00477. The van der Waals surface area contributed by atoms with Crippen molar-refractivity contribution in [3.05, 3.63) is 24.3 Å². The quantitative estimate of drug-likeness (QED) is 0.543. The molecule has 22 heavy (non-hydrogen) atoms. The van der Waals surface area contributed by atoms with Crippen LogP contribution >= 0.6 is 0 Å². The van der Waals surface area contributed by atoms with Crippen LogP contribution in [0.1, 0.15) is 12.8 Å². The van der Waals surface area contributed by atoms with Gasteiger partial charge in [-0.2, -0.15) is 0 Å². The molecular weight excluding hydrogens is 286 g/mol. The van der Waals surface area contributed by atoms with Crippen LogP contribution in [0.3, 0.4) is 0 Å². The lowest BCUT2D eigenvalue weighted by molar-refractivity contribution is -0.305. The van der Waals surface area contributed by atoms with Crippen molar-refractivity contribution in [1.82, 2.24) is 24.8 Å². The number of carbonyl (C=O) groups excluding carboxylic acids is 1. The summed E-state index contributed by atoms with van der Waals surface area (Å²) in [5, 5.41) is 19.0. The van der Waals surface area contributed by atoms with Crippen molar-refractivity contribution in [3.8, 4) is 0 Å². The van der Waals surface area contributed by atoms with Crippen LogP contribution in [0.15, 0.2) is 28.9 Å². The number of para-hydroxylation sites is 1. The summed E-state index contributed by atoms with van der Waals surface area (Å²) in [4.78, 5) is 19.5. The number of hydrogen-bond donors (Lipinski definition) is 0. The Morgan fingerprint density at radius 2 is 1.95 bits per heavy atom. The van der Waals surface area contributed by atoms with E-state index < -0.39 is 5.97 Å². The Kier molecular flexibility index (Phi) is 2.75. The second-order valence-corrected chi connectivity index (χ2v) is 4.95. The highest BCUT2D eigenvalue weighted by molar-refractivity contribution is 6.05. The maximum absolute atomic E-state index is 10.6. The average Bonchev–Trinajstić information content (AvgIpc) is 3.08. The molecule has 0 atom stereocenters. The standard InChI is InChI=1S/C14H11N5O3/c20-10(21)6-3-7-19-9-5-2-1-4-8(9)11-14(19)16-13-12(15-11)17-22-18-13/h1-2,4-5H,3,6-7H2,(H,20,21)/p-1. The molecule has 0 aliphatic heterocycles. The SMILES string of the molecule is O=C([O-])CCCn1c2ccccc2c2nc3nonc3nc21. The van der Waals surface area contributed by atoms with Crippen LogP contribution in [-0.2, 0) is 11.3 Å². The van der Waals surface area contributed by atoms with Crippen molar-refractivity contribution in [1.29, 1.82) is 0 Å². The number of rotatable bonds is 4. The number of carboxylic acid groups (broad SMARTS) is 1. The largest absolute Gasteiger partial charge is 0.550 e. The van der Waals surface area contributed by atoms with Crippen molar-refractivity contribution in [2.75, 3.05) is 0 Å². The molecule has 0 aliphatic rings. The molecule has 0 saturated carbocycles. The summed E-state index contributed by atoms with van der Waals surface area (Å²) in [6, 6.07) is 7.73. The van der Waals surface area contributed by atoms with E-state index in [0.29, 0.717) is 35.4 Å². The van der Waals surface area contributed by atoms with Gasteiger partial charge in [0.15, 0.2) is 5.65 Å². The van der Waals surface area contributed by atoms with Crippen LogP contribution in [-0.4, -0.2) is 30.8 Å². The van der Waals surface area contributed by atoms with Crippen LogP contribution in [0.5, 0.6) is 0 Å². The number of carboxylic acids is 1. The fourth-order valence-electron chi connectivity index (χ4n) is 2.63. The van der Waals surface area contributed by atoms with Crippen LogP contribution in [0.2, 0.25) is 0 Å². The Labute approximate surface area is 123 Å². The maximum atomic E-state index is 10.6. The van der Waals surface area contributed by atoms with E-state index in [4.69, 9.17) is 0 Å². The van der Waals surface area contributed by atoms with Gasteiger partial charge < -0.3 is 14.5 Å². The Hall–Kier alpha value is -3.03. The van der Waals surface area contributed by atoms with Crippen molar-refractivity contribution < 1.29 is 14.5 Å². The number of carbonyl (C=O) groups is 1. The van der Waals surface area contributed by atoms with Gasteiger partial charge in [0.25, 0.3) is 0 Å². The molecule has 0 unspecified atom stereocenters. The molecule has 1 aromatic carbocycles. The highest BCUT2D eigenvalue weighted by Crippen LogP contribution is 2.27. The lowest BCUT2D eigenvalue weighted by atomic mass is 10.2. The van der Waals surface area contributed by atoms with E-state index in [2.05, 4.69) is 24.9 Å². The topological polar surface area (TPSA) is 110 Å². The zero-order valence-electron chi connectivity index (χ0n) is 11.4. The van der Waals surface area contributed by atoms with Gasteiger partial charge in [0.05, 0.1) is 5.52 Å². The van der Waals surface area contributed by atoms with Gasteiger partial charge >= 0.3 is 0 Å². The summed E-state index contributed by atoms with van der Waals surface area (Å²) in [6.45, 7) is 0.503. The van der Waals surface area contributed by atoms with Gasteiger partial charge in [0.1, 0.15) is 5.52 Å². The average molecular weight is 296 g/mol. The molecule has 4 rings (SSSR count). The molecule has 0 saturated heterocycles. The highest BCUT2D eigenvalue weighted by Gasteiger charge is 2.15. The van der Waals surface area contributed by atoms with Gasteiger partial charge in [-0.15, -0.1) is 0 Å². The maximum Gasteiger partial charge on any atom is 0.245 e. The fraction of sp³-hybridized carbons (Fsp3) is 0.214. The third kappa shape index (κ3) is 1.88. The predicted molar refractivity (Wildman–Crippen MR) is 74.6 cm³/mol. The van der Waals surface area contributed by atoms with Gasteiger partial charge in [-0.05, 0) is 29.2 Å². The molecule has 0 amide bonds. The van der Waals surface area contributed by atoms with E-state index in [-0.39, 0.29) is 6.42 Å². The molecule has 0 bridgehead atoms. The molecule has 8 heteroatoms. The first-order valence-corrected chi connectivity index (χ1v) is 6.81. The summed E-state index contributed by atoms with van der Waals surface area (Å²) >= 11 is 0. The molecule has 0 fully saturated rings. The van der Waals surface area contributed by atoms with Crippen LogP contribution in [0.25, 0.3) is 33.4 Å². The molecule has 0 N–H and O–H groups in total. The van der Waals surface area contributed by atoms with E-state index in [1.807, 2.05) is 28.8 Å². The van der Waals surface area contributed by atoms with Gasteiger partial charge in [0.2, 0.25) is 11.3 Å². The monoisotopic (exact) mass is 296 g/mol. The third-order valence-corrected chi connectivity index (χ3v) is 3.56. The number of aryl methyl sites for hydroxylation is 1. The van der Waals surface area contributed by atoms with Gasteiger partial charge in [-0.1, -0.05) is 18.2 Å². The van der Waals surface area contributed by atoms with Crippen LogP contribution in [0.4, 0.5) is 0 Å². The van der Waals surface area contributed by atoms with Crippen molar-refractivity contribution >= 4 is 39.3 Å². The lowest BCUT2D eigenvalue weighted by Crippen LogP contribution is -2.22. The molecule has 3 heterocycles. The van der Waals surface area contributed by atoms with Crippen molar-refractivity contribution in [2.24, 2.45) is 0 Å². The number of nitrogens with zero attached hydrogens (tertiary/aromatic N) is 5. The first-order chi connectivity index (χ1) is 10.7. The summed E-state index contributed by atoms with van der Waals surface area (Å²) in [5.74, 6) is -1.06. The number of aliphatic carboxylic acids is 1. The van der Waals surface area contributed by atoms with E-state index in [1.165, 1.54) is 0 Å². The van der Waals surface area contributed by atoms with Crippen LogP contribution in [0, 0.1) is 0 Å². The smallest absolute Gasteiger partial charge is 0.245 e. The number of benzene rings is 1. The Balaban J connectivity index is 1.95. The minimum Gasteiger partial charge on any atom is -0.550 e. The molecule has 0 aliphatic carbocycles. The third-order valence-electron chi connectivity index (χ3n) is 3.56. The Morgan fingerprint density at radius 1 is 1.18 bits per heavy atom. The predicted octanol–water partition coefficient (Wildman–Crippen LogP) is 0.651. The molecule has 8 nitrogen and oxygen atoms in total. The van der Waals surface area contributed by atoms with Crippen LogP contribution < -0.4 is 5.11 Å². The summed E-state index contributed by atoms with van der Waals surface area (Å²) in [6.07, 6.45) is 0.447. The molecule has 110 valence electrons. The number of aromatic nitrogens is 5. The van der Waals surface area contributed by atoms with Gasteiger partial charge in [-0.25, -0.2) is 14.6 Å². The molecular formula is C14H10N5O3-. The lowest BCUT2D eigenvalue weighted by Gasteiger charge is -2.06. The second kappa shape index (κ2) is 4.76. The first-order valence-electron chi connectivity index (χ1n) is 6.81. The van der Waals surface area contributed by atoms with Gasteiger partial charge in [-0.3, -0.25) is 0 Å². The number of fused-ring (bicyclic) bond motifs is 4. The van der Waals surface area contributed by atoms with E-state index in [0.717, 1.165) is 10.9 Å². The molecule has 4 aromatic rings. The normalized spacial score (nSPS) is 11.6. The first kappa shape index (κ1) is 12.7. The fourth-order valence-corrected chi connectivity index (χ4v) is 2.63. The summed E-state index contributed by atoms with van der Waals surface area (Å²) in [7, 11) is 0. The van der Waals surface area contributed by atoms with Gasteiger partial charge in [0, 0.05) is 17.9 Å². The van der Waals surface area contributed by atoms with Crippen molar-refractivity contribution in [3.63, 3.8) is 0 Å². The summed E-state index contributed by atoms with van der Waals surface area (Å²) in [5.41, 5.74) is 2.97. The Bertz CT molecular complexity index is 1000. The molecule has 3 aromatic heterocycles.